The van der Waals surface area contributed by atoms with Gasteiger partial charge in [-0.3, -0.25) is 9.59 Å². The molecule has 0 saturated carbocycles. The zero-order chi connectivity index (χ0) is 20.7. The molecule has 6 nitrogen and oxygen atoms in total. The second-order valence-corrected chi connectivity index (χ2v) is 7.75. The molecule has 0 saturated heterocycles. The van der Waals surface area contributed by atoms with E-state index in [-0.39, 0.29) is 18.2 Å². The van der Waals surface area contributed by atoms with Crippen molar-refractivity contribution in [3.8, 4) is 0 Å². The number of allylic oxidation sites excluding steroid dienone is 4. The Balaban J connectivity index is 2.16. The molecule has 2 rings (SSSR count). The number of thiophene rings is 1. The molecular formula is C21H27N3O3S. The topological polar surface area (TPSA) is 78.5 Å². The van der Waals surface area contributed by atoms with Gasteiger partial charge >= 0.3 is 0 Å². The predicted octanol–water partition coefficient (Wildman–Crippen LogP) is 2.92. The Labute approximate surface area is 170 Å². The van der Waals surface area contributed by atoms with E-state index in [1.807, 2.05) is 31.4 Å². The Morgan fingerprint density at radius 1 is 1.39 bits per heavy atom. The van der Waals surface area contributed by atoms with Crippen molar-refractivity contribution in [3.05, 3.63) is 57.5 Å². The van der Waals surface area contributed by atoms with Crippen LogP contribution in [0.1, 0.15) is 47.5 Å². The van der Waals surface area contributed by atoms with Crippen LogP contribution in [0.5, 0.6) is 0 Å². The summed E-state index contributed by atoms with van der Waals surface area (Å²) in [6.45, 7) is 8.83. The lowest BCUT2D eigenvalue weighted by molar-refractivity contribution is -0.125. The Hall–Kier alpha value is -2.67. The first-order chi connectivity index (χ1) is 13.4. The van der Waals surface area contributed by atoms with Crippen molar-refractivity contribution in [2.24, 2.45) is 0 Å². The number of nitrogens with zero attached hydrogens (tertiary/aromatic N) is 1. The molecule has 0 bridgehead atoms. The molecule has 1 aromatic rings. The van der Waals surface area contributed by atoms with E-state index in [1.165, 1.54) is 24.0 Å². The molecule has 2 N–H and O–H groups in total. The first-order valence-electron chi connectivity index (χ1n) is 9.19. The molecule has 7 heteroatoms. The van der Waals surface area contributed by atoms with Crippen LogP contribution in [0, 0.1) is 0 Å². The molecule has 150 valence electrons. The highest BCUT2D eigenvalue weighted by Gasteiger charge is 2.37. The fourth-order valence-electron chi connectivity index (χ4n) is 3.03. The van der Waals surface area contributed by atoms with Crippen molar-refractivity contribution < 1.29 is 14.4 Å². The molecule has 1 unspecified atom stereocenters. The Morgan fingerprint density at radius 3 is 2.75 bits per heavy atom. The Kier molecular flexibility index (Phi) is 7.75. The average molecular weight is 402 g/mol. The molecule has 0 aliphatic carbocycles. The standard InChI is InChI=1S/C21H27N3O3S/c1-5-15(9-8-14(2)3)23-11-19-16-12-24(21(27)17(16)13-28-19)18(7-6-10-25)20(26)22-4/h5,8-10,13,18,23H,1,6-7,11-12H2,2-4H3,(H,22,26)/b15-9+. The molecule has 28 heavy (non-hydrogen) atoms. The van der Waals surface area contributed by atoms with Gasteiger partial charge in [0, 0.05) is 42.5 Å². The van der Waals surface area contributed by atoms with Crippen molar-refractivity contribution in [2.75, 3.05) is 7.05 Å². The van der Waals surface area contributed by atoms with Crippen molar-refractivity contribution >= 4 is 29.4 Å². The molecule has 2 amide bonds. The molecule has 0 aromatic carbocycles. The predicted molar refractivity (Wildman–Crippen MR) is 112 cm³/mol. The first-order valence-corrected chi connectivity index (χ1v) is 10.1. The molecular weight excluding hydrogens is 374 g/mol. The minimum Gasteiger partial charge on any atom is -0.380 e. The lowest BCUT2D eigenvalue weighted by Crippen LogP contribution is -2.46. The molecule has 1 atom stereocenters. The van der Waals surface area contributed by atoms with Crippen molar-refractivity contribution in [1.29, 1.82) is 0 Å². The highest BCUT2D eigenvalue weighted by molar-refractivity contribution is 7.10. The van der Waals surface area contributed by atoms with Gasteiger partial charge in [-0.05, 0) is 38.0 Å². The van der Waals surface area contributed by atoms with Crippen LogP contribution < -0.4 is 10.6 Å². The van der Waals surface area contributed by atoms with Crippen LogP contribution in [-0.2, 0) is 22.7 Å². The average Bonchev–Trinajstić information content (AvgIpc) is 3.22. The first kappa shape index (κ1) is 21.6. The number of fused-ring (bicyclic) bond motifs is 1. The highest BCUT2D eigenvalue weighted by atomic mass is 32.1. The van der Waals surface area contributed by atoms with Crippen LogP contribution in [0.2, 0.25) is 0 Å². The van der Waals surface area contributed by atoms with Crippen molar-refractivity contribution in [3.63, 3.8) is 0 Å². The van der Waals surface area contributed by atoms with Gasteiger partial charge in [0.05, 0.1) is 5.56 Å². The third-order valence-electron chi connectivity index (χ3n) is 4.55. The molecule has 1 aliphatic heterocycles. The third kappa shape index (κ3) is 4.98. The van der Waals surface area contributed by atoms with Crippen LogP contribution in [0.3, 0.4) is 0 Å². The number of rotatable bonds is 10. The number of amides is 2. The monoisotopic (exact) mass is 401 g/mol. The minimum atomic E-state index is -0.637. The van der Waals surface area contributed by atoms with E-state index in [1.54, 1.807) is 11.0 Å². The van der Waals surface area contributed by atoms with Gasteiger partial charge < -0.3 is 20.3 Å². The van der Waals surface area contributed by atoms with Gasteiger partial charge in [-0.15, -0.1) is 11.3 Å². The van der Waals surface area contributed by atoms with Crippen LogP contribution >= 0.6 is 11.3 Å². The quantitative estimate of drug-likeness (QED) is 0.467. The van der Waals surface area contributed by atoms with Gasteiger partial charge in [-0.2, -0.15) is 0 Å². The number of likely N-dealkylation sites (N-methyl/N-ethyl adjacent to an activating group) is 1. The van der Waals surface area contributed by atoms with Gasteiger partial charge in [0.1, 0.15) is 12.3 Å². The maximum Gasteiger partial charge on any atom is 0.256 e. The maximum absolute atomic E-state index is 12.8. The molecule has 2 heterocycles. The van der Waals surface area contributed by atoms with E-state index < -0.39 is 6.04 Å². The second kappa shape index (κ2) is 10.0. The van der Waals surface area contributed by atoms with Crippen LogP contribution in [-0.4, -0.2) is 36.1 Å². The van der Waals surface area contributed by atoms with Gasteiger partial charge in [0.2, 0.25) is 5.91 Å². The molecule has 1 aliphatic rings. The zero-order valence-corrected chi connectivity index (χ0v) is 17.4. The van der Waals surface area contributed by atoms with Crippen molar-refractivity contribution in [1.82, 2.24) is 15.5 Å². The van der Waals surface area contributed by atoms with Gasteiger partial charge in [-0.25, -0.2) is 0 Å². The van der Waals surface area contributed by atoms with Crippen LogP contribution in [0.25, 0.3) is 0 Å². The number of nitrogens with one attached hydrogen (secondary N) is 2. The van der Waals surface area contributed by atoms with E-state index in [0.29, 0.717) is 25.1 Å². The summed E-state index contributed by atoms with van der Waals surface area (Å²) in [4.78, 5) is 38.4. The van der Waals surface area contributed by atoms with Gasteiger partial charge in [0.15, 0.2) is 0 Å². The van der Waals surface area contributed by atoms with Crippen LogP contribution in [0.4, 0.5) is 0 Å². The molecule has 0 fully saturated rings. The lowest BCUT2D eigenvalue weighted by Gasteiger charge is -2.26. The summed E-state index contributed by atoms with van der Waals surface area (Å²) >= 11 is 1.53. The summed E-state index contributed by atoms with van der Waals surface area (Å²) in [5.74, 6) is -0.400. The summed E-state index contributed by atoms with van der Waals surface area (Å²) in [6.07, 6.45) is 7.06. The number of hydrogen-bond donors (Lipinski definition) is 2. The maximum atomic E-state index is 12.8. The number of hydrogen-bond acceptors (Lipinski definition) is 5. The fraction of sp³-hybridized carbons (Fsp3) is 0.381. The van der Waals surface area contributed by atoms with E-state index in [0.717, 1.165) is 22.4 Å². The highest BCUT2D eigenvalue weighted by Crippen LogP contribution is 2.33. The Morgan fingerprint density at radius 2 is 2.14 bits per heavy atom. The van der Waals surface area contributed by atoms with Crippen molar-refractivity contribution in [2.45, 2.75) is 45.8 Å². The van der Waals surface area contributed by atoms with Gasteiger partial charge in [-0.1, -0.05) is 18.2 Å². The number of carbonyl (C=O) groups excluding carboxylic acids is 3. The second-order valence-electron chi connectivity index (χ2n) is 6.78. The molecule has 0 spiro atoms. The summed E-state index contributed by atoms with van der Waals surface area (Å²) < 4.78 is 0. The number of aldehydes is 1. The minimum absolute atomic E-state index is 0.152. The SMILES string of the molecule is C=C/C(=C\C=C(C)C)NCc1scc2c1CN(C(CCC=O)C(=O)NC)C2=O. The van der Waals surface area contributed by atoms with E-state index in [2.05, 4.69) is 17.2 Å². The van der Waals surface area contributed by atoms with Gasteiger partial charge in [0.25, 0.3) is 5.91 Å². The van der Waals surface area contributed by atoms with E-state index >= 15 is 0 Å². The smallest absolute Gasteiger partial charge is 0.256 e. The molecule has 1 aromatic heterocycles. The van der Waals surface area contributed by atoms with E-state index in [9.17, 15) is 14.4 Å². The summed E-state index contributed by atoms with van der Waals surface area (Å²) in [5.41, 5.74) is 3.69. The normalized spacial score (nSPS) is 14.3. The molecule has 0 radical (unpaired) electrons. The summed E-state index contributed by atoms with van der Waals surface area (Å²) in [5, 5.41) is 7.78. The fourth-order valence-corrected chi connectivity index (χ4v) is 4.01. The zero-order valence-electron chi connectivity index (χ0n) is 16.6. The third-order valence-corrected chi connectivity index (χ3v) is 5.58. The Bertz CT molecular complexity index is 819. The number of carbonyl (C=O) groups is 3. The summed E-state index contributed by atoms with van der Waals surface area (Å²) in [6, 6.07) is -0.637. The summed E-state index contributed by atoms with van der Waals surface area (Å²) in [7, 11) is 1.54. The lowest BCUT2D eigenvalue weighted by atomic mass is 10.1. The van der Waals surface area contributed by atoms with E-state index in [4.69, 9.17) is 0 Å². The largest absolute Gasteiger partial charge is 0.380 e. The van der Waals surface area contributed by atoms with Crippen LogP contribution in [0.15, 0.2) is 41.5 Å².